The maximum Gasteiger partial charge on any atom is 0.102 e. The highest BCUT2D eigenvalue weighted by Crippen LogP contribution is 2.28. The van der Waals surface area contributed by atoms with E-state index >= 15 is 0 Å². The van der Waals surface area contributed by atoms with Crippen molar-refractivity contribution in [1.82, 2.24) is 0 Å². The summed E-state index contributed by atoms with van der Waals surface area (Å²) in [5.41, 5.74) is 1.70. The second kappa shape index (κ2) is 7.53. The quantitative estimate of drug-likeness (QED) is 0.755. The Labute approximate surface area is 135 Å². The van der Waals surface area contributed by atoms with Gasteiger partial charge in [0.2, 0.25) is 0 Å². The van der Waals surface area contributed by atoms with Crippen LogP contribution in [0, 0.1) is 18.3 Å². The average Bonchev–Trinajstić information content (AvgIpc) is 2.84. The number of nitriles is 1. The van der Waals surface area contributed by atoms with Gasteiger partial charge in [0.1, 0.15) is 6.07 Å². The predicted molar refractivity (Wildman–Crippen MR) is 93.4 cm³/mol. The van der Waals surface area contributed by atoms with Gasteiger partial charge < -0.3 is 5.32 Å². The molecule has 2 rings (SSSR count). The molecular formula is C17H20N2S2. The van der Waals surface area contributed by atoms with Crippen molar-refractivity contribution in [3.63, 3.8) is 0 Å². The summed E-state index contributed by atoms with van der Waals surface area (Å²) in [5.74, 6) is 0.974. The molecule has 0 bridgehead atoms. The van der Waals surface area contributed by atoms with E-state index in [1.165, 1.54) is 9.75 Å². The molecule has 1 aromatic heterocycles. The molecule has 0 saturated carbocycles. The van der Waals surface area contributed by atoms with E-state index in [4.69, 9.17) is 0 Å². The highest BCUT2D eigenvalue weighted by atomic mass is 32.2. The van der Waals surface area contributed by atoms with E-state index in [1.807, 2.05) is 29.5 Å². The lowest BCUT2D eigenvalue weighted by atomic mass is 10.1. The topological polar surface area (TPSA) is 35.8 Å². The molecule has 110 valence electrons. The van der Waals surface area contributed by atoms with Crippen LogP contribution in [0.1, 0.15) is 29.2 Å². The van der Waals surface area contributed by atoms with Crippen LogP contribution in [0.5, 0.6) is 0 Å². The molecule has 21 heavy (non-hydrogen) atoms. The van der Waals surface area contributed by atoms with Crippen molar-refractivity contribution >= 4 is 28.8 Å². The molecule has 1 aromatic carbocycles. The Kier molecular flexibility index (Phi) is 5.72. The second-order valence-corrected chi connectivity index (χ2v) is 7.66. The lowest BCUT2D eigenvalue weighted by molar-refractivity contribution is 0.799. The van der Waals surface area contributed by atoms with Gasteiger partial charge in [0.15, 0.2) is 0 Å². The number of nitrogens with one attached hydrogen (secondary N) is 1. The number of thiophene rings is 1. The minimum absolute atomic E-state index is 0.303. The van der Waals surface area contributed by atoms with Crippen LogP contribution in [0.25, 0.3) is 0 Å². The third-order valence-corrected chi connectivity index (χ3v) is 5.11. The van der Waals surface area contributed by atoms with E-state index in [0.29, 0.717) is 6.04 Å². The van der Waals surface area contributed by atoms with Crippen LogP contribution in [0.15, 0.2) is 35.2 Å². The number of benzene rings is 1. The maximum absolute atomic E-state index is 9.43. The molecule has 1 N–H and O–H groups in total. The summed E-state index contributed by atoms with van der Waals surface area (Å²) in [6, 6.07) is 13.0. The molecule has 4 heteroatoms. The standard InChI is InChI=1S/C17H20N2S2/c1-4-20-17-7-5-6-16(15(17)11-18)19-12(2)10-14-9-8-13(3)21-14/h5-9,12,19H,4,10H2,1-3H3. The summed E-state index contributed by atoms with van der Waals surface area (Å²) in [5, 5.41) is 12.9. The zero-order valence-corrected chi connectivity index (χ0v) is 14.3. The summed E-state index contributed by atoms with van der Waals surface area (Å²) in [7, 11) is 0. The van der Waals surface area contributed by atoms with Crippen molar-refractivity contribution in [2.24, 2.45) is 0 Å². The fourth-order valence-electron chi connectivity index (χ4n) is 2.26. The molecule has 0 fully saturated rings. The molecule has 0 spiro atoms. The Morgan fingerprint density at radius 2 is 2.14 bits per heavy atom. The first-order valence-electron chi connectivity index (χ1n) is 7.11. The third kappa shape index (κ3) is 4.26. The molecule has 0 saturated heterocycles. The number of rotatable bonds is 6. The molecular weight excluding hydrogens is 296 g/mol. The third-order valence-electron chi connectivity index (χ3n) is 3.14. The molecule has 0 aliphatic heterocycles. The van der Waals surface area contributed by atoms with E-state index in [0.717, 1.165) is 28.3 Å². The van der Waals surface area contributed by atoms with E-state index in [1.54, 1.807) is 11.8 Å². The first-order chi connectivity index (χ1) is 10.1. The lowest BCUT2D eigenvalue weighted by Gasteiger charge is -2.17. The lowest BCUT2D eigenvalue weighted by Crippen LogP contribution is -2.18. The molecule has 1 unspecified atom stereocenters. The number of hydrogen-bond donors (Lipinski definition) is 1. The molecule has 0 aliphatic carbocycles. The summed E-state index contributed by atoms with van der Waals surface area (Å²) < 4.78 is 0. The first kappa shape index (κ1) is 15.9. The Hall–Kier alpha value is -1.44. The molecule has 0 radical (unpaired) electrons. The normalized spacial score (nSPS) is 11.9. The molecule has 2 nitrogen and oxygen atoms in total. The number of hydrogen-bond acceptors (Lipinski definition) is 4. The molecule has 0 amide bonds. The van der Waals surface area contributed by atoms with Crippen LogP contribution >= 0.6 is 23.1 Å². The average molecular weight is 316 g/mol. The van der Waals surface area contributed by atoms with Gasteiger partial charge in [0.25, 0.3) is 0 Å². The highest BCUT2D eigenvalue weighted by molar-refractivity contribution is 7.99. The second-order valence-electron chi connectivity index (χ2n) is 4.99. The van der Waals surface area contributed by atoms with Crippen LogP contribution in [-0.4, -0.2) is 11.8 Å². The van der Waals surface area contributed by atoms with Gasteiger partial charge in [0, 0.05) is 27.1 Å². The Bertz CT molecular complexity index is 640. The zero-order valence-electron chi connectivity index (χ0n) is 12.6. The fourth-order valence-corrected chi connectivity index (χ4v) is 4.06. The minimum Gasteiger partial charge on any atom is -0.381 e. The predicted octanol–water partition coefficient (Wildman–Crippen LogP) is 5.08. The van der Waals surface area contributed by atoms with E-state index in [9.17, 15) is 5.26 Å². The summed E-state index contributed by atoms with van der Waals surface area (Å²) in [6.45, 7) is 6.40. The molecule has 1 heterocycles. The van der Waals surface area contributed by atoms with Gasteiger partial charge in [0.05, 0.1) is 11.3 Å². The van der Waals surface area contributed by atoms with Crippen molar-refractivity contribution in [3.05, 3.63) is 45.6 Å². The van der Waals surface area contributed by atoms with Crippen LogP contribution in [0.4, 0.5) is 5.69 Å². The van der Waals surface area contributed by atoms with Gasteiger partial charge in [-0.25, -0.2) is 0 Å². The van der Waals surface area contributed by atoms with E-state index in [2.05, 4.69) is 44.3 Å². The van der Waals surface area contributed by atoms with Gasteiger partial charge in [-0.15, -0.1) is 23.1 Å². The summed E-state index contributed by atoms with van der Waals surface area (Å²) >= 11 is 3.55. The minimum atomic E-state index is 0.303. The Morgan fingerprint density at radius 1 is 1.33 bits per heavy atom. The van der Waals surface area contributed by atoms with Crippen molar-refractivity contribution in [1.29, 1.82) is 5.26 Å². The van der Waals surface area contributed by atoms with E-state index < -0.39 is 0 Å². The number of thioether (sulfide) groups is 1. The van der Waals surface area contributed by atoms with Crippen LogP contribution in [-0.2, 0) is 6.42 Å². The zero-order chi connectivity index (χ0) is 15.2. The Balaban J connectivity index is 2.11. The summed E-state index contributed by atoms with van der Waals surface area (Å²) in [6.07, 6.45) is 0.981. The van der Waals surface area contributed by atoms with Gasteiger partial charge in [-0.3, -0.25) is 0 Å². The number of nitrogens with zero attached hydrogens (tertiary/aromatic N) is 1. The largest absolute Gasteiger partial charge is 0.381 e. The maximum atomic E-state index is 9.43. The monoisotopic (exact) mass is 316 g/mol. The molecule has 2 aromatic rings. The van der Waals surface area contributed by atoms with Crippen molar-refractivity contribution in [2.45, 2.75) is 38.1 Å². The van der Waals surface area contributed by atoms with Crippen LogP contribution in [0.2, 0.25) is 0 Å². The van der Waals surface area contributed by atoms with E-state index in [-0.39, 0.29) is 0 Å². The number of aryl methyl sites for hydroxylation is 1. The van der Waals surface area contributed by atoms with Gasteiger partial charge in [-0.05, 0) is 43.9 Å². The van der Waals surface area contributed by atoms with Gasteiger partial charge >= 0.3 is 0 Å². The Morgan fingerprint density at radius 3 is 2.76 bits per heavy atom. The molecule has 0 aliphatic rings. The fraction of sp³-hybridized carbons (Fsp3) is 0.353. The van der Waals surface area contributed by atoms with Crippen LogP contribution in [0.3, 0.4) is 0 Å². The van der Waals surface area contributed by atoms with Gasteiger partial charge in [-0.2, -0.15) is 5.26 Å². The summed E-state index contributed by atoms with van der Waals surface area (Å²) in [4.78, 5) is 3.78. The SMILES string of the molecule is CCSc1cccc(NC(C)Cc2ccc(C)s2)c1C#N. The van der Waals surface area contributed by atoms with Gasteiger partial charge in [-0.1, -0.05) is 13.0 Å². The van der Waals surface area contributed by atoms with Crippen molar-refractivity contribution in [3.8, 4) is 6.07 Å². The van der Waals surface area contributed by atoms with Crippen molar-refractivity contribution < 1.29 is 0 Å². The smallest absolute Gasteiger partial charge is 0.102 e. The van der Waals surface area contributed by atoms with Crippen molar-refractivity contribution in [2.75, 3.05) is 11.1 Å². The molecule has 1 atom stereocenters. The number of anilines is 1. The first-order valence-corrected chi connectivity index (χ1v) is 8.92. The highest BCUT2D eigenvalue weighted by Gasteiger charge is 2.11. The van der Waals surface area contributed by atoms with Crippen LogP contribution < -0.4 is 5.32 Å².